The molecular weight excluding hydrogens is 166 g/mol. The molecular formula is C10H21NO2. The van der Waals surface area contributed by atoms with Crippen LogP contribution in [0, 0.1) is 5.92 Å². The molecule has 0 radical (unpaired) electrons. The Kier molecular flexibility index (Phi) is 4.81. The van der Waals surface area contributed by atoms with Gasteiger partial charge in [0.15, 0.2) is 0 Å². The zero-order chi connectivity index (χ0) is 10.5. The fourth-order valence-electron chi connectivity index (χ4n) is 0.716. The van der Waals surface area contributed by atoms with E-state index in [-0.39, 0.29) is 6.09 Å². The smallest absolute Gasteiger partial charge is 0.407 e. The number of carbonyl (C=O) groups excluding carboxylic acids is 1. The molecule has 0 saturated carbocycles. The summed E-state index contributed by atoms with van der Waals surface area (Å²) in [6.07, 6.45) is 0.739. The van der Waals surface area contributed by atoms with Crippen molar-refractivity contribution >= 4 is 6.09 Å². The molecule has 0 saturated heterocycles. The van der Waals surface area contributed by atoms with Crippen LogP contribution >= 0.6 is 0 Å². The highest BCUT2D eigenvalue weighted by Gasteiger charge is 2.15. The number of hydrogen-bond acceptors (Lipinski definition) is 2. The zero-order valence-corrected chi connectivity index (χ0v) is 9.31. The van der Waals surface area contributed by atoms with Gasteiger partial charge in [-0.1, -0.05) is 20.3 Å². The minimum Gasteiger partial charge on any atom is -0.444 e. The van der Waals surface area contributed by atoms with Crippen molar-refractivity contribution in [2.24, 2.45) is 5.92 Å². The van der Waals surface area contributed by atoms with E-state index >= 15 is 0 Å². The van der Waals surface area contributed by atoms with Crippen molar-refractivity contribution in [3.8, 4) is 0 Å². The molecule has 0 heterocycles. The van der Waals surface area contributed by atoms with Crippen LogP contribution in [0.15, 0.2) is 0 Å². The van der Waals surface area contributed by atoms with Crippen LogP contribution in [0.25, 0.3) is 0 Å². The van der Waals surface area contributed by atoms with Gasteiger partial charge in [0.25, 0.3) is 0 Å². The third kappa shape index (κ3) is 7.62. The van der Waals surface area contributed by atoms with E-state index in [2.05, 4.69) is 19.2 Å². The molecule has 0 aromatic carbocycles. The summed E-state index contributed by atoms with van der Waals surface area (Å²) < 4.78 is 5.08. The monoisotopic (exact) mass is 187 g/mol. The highest BCUT2D eigenvalue weighted by atomic mass is 16.6. The Hall–Kier alpha value is -0.730. The van der Waals surface area contributed by atoms with Crippen LogP contribution in [0.5, 0.6) is 0 Å². The van der Waals surface area contributed by atoms with Gasteiger partial charge in [-0.25, -0.2) is 4.79 Å². The van der Waals surface area contributed by atoms with Gasteiger partial charge in [-0.2, -0.15) is 0 Å². The standard InChI is InChI=1S/C10H21NO2/c1-6-8(2)7-11-9(12)13-10(3,4)5/h8H,6-7H2,1-5H3,(H,11,12)/t8-/m0/s1. The summed E-state index contributed by atoms with van der Waals surface area (Å²) >= 11 is 0. The van der Waals surface area contributed by atoms with Crippen molar-refractivity contribution in [1.29, 1.82) is 0 Å². The van der Waals surface area contributed by atoms with E-state index in [9.17, 15) is 4.79 Å². The average Bonchev–Trinajstić information content (AvgIpc) is 1.97. The number of rotatable bonds is 3. The lowest BCUT2D eigenvalue weighted by Gasteiger charge is -2.20. The fourth-order valence-corrected chi connectivity index (χ4v) is 0.716. The van der Waals surface area contributed by atoms with E-state index in [1.54, 1.807) is 0 Å². The summed E-state index contributed by atoms with van der Waals surface area (Å²) in [4.78, 5) is 11.1. The maximum Gasteiger partial charge on any atom is 0.407 e. The van der Waals surface area contributed by atoms with Gasteiger partial charge in [0.1, 0.15) is 5.60 Å². The number of alkyl carbamates (subject to hydrolysis) is 1. The normalized spacial score (nSPS) is 13.6. The van der Waals surface area contributed by atoms with Crippen molar-refractivity contribution in [1.82, 2.24) is 5.32 Å². The van der Waals surface area contributed by atoms with Crippen LogP contribution in [0.3, 0.4) is 0 Å². The quantitative estimate of drug-likeness (QED) is 0.737. The second-order valence-corrected chi connectivity index (χ2v) is 4.40. The van der Waals surface area contributed by atoms with E-state index in [0.717, 1.165) is 6.42 Å². The Morgan fingerprint density at radius 3 is 2.38 bits per heavy atom. The van der Waals surface area contributed by atoms with Gasteiger partial charge in [-0.3, -0.25) is 0 Å². The van der Waals surface area contributed by atoms with Crippen molar-refractivity contribution in [2.75, 3.05) is 6.54 Å². The van der Waals surface area contributed by atoms with Gasteiger partial charge in [0.2, 0.25) is 0 Å². The van der Waals surface area contributed by atoms with E-state index in [0.29, 0.717) is 12.5 Å². The number of nitrogens with one attached hydrogen (secondary N) is 1. The van der Waals surface area contributed by atoms with Gasteiger partial charge in [0.05, 0.1) is 0 Å². The second kappa shape index (κ2) is 5.10. The van der Waals surface area contributed by atoms with Crippen LogP contribution in [0.1, 0.15) is 41.0 Å². The van der Waals surface area contributed by atoms with Crippen LogP contribution in [0.2, 0.25) is 0 Å². The highest BCUT2D eigenvalue weighted by Crippen LogP contribution is 2.06. The highest BCUT2D eigenvalue weighted by molar-refractivity contribution is 5.67. The van der Waals surface area contributed by atoms with Crippen LogP contribution in [-0.2, 0) is 4.74 Å². The van der Waals surface area contributed by atoms with Crippen molar-refractivity contribution in [2.45, 2.75) is 46.6 Å². The number of carbonyl (C=O) groups is 1. The van der Waals surface area contributed by atoms with Crippen molar-refractivity contribution in [3.63, 3.8) is 0 Å². The minimum absolute atomic E-state index is 0.326. The van der Waals surface area contributed by atoms with E-state index < -0.39 is 5.60 Å². The first-order chi connectivity index (χ1) is 5.85. The third-order valence-corrected chi connectivity index (χ3v) is 1.69. The predicted octanol–water partition coefficient (Wildman–Crippen LogP) is 2.56. The molecule has 0 spiro atoms. The lowest BCUT2D eigenvalue weighted by Crippen LogP contribution is -2.34. The third-order valence-electron chi connectivity index (χ3n) is 1.69. The van der Waals surface area contributed by atoms with Crippen molar-refractivity contribution < 1.29 is 9.53 Å². The fraction of sp³-hybridized carbons (Fsp3) is 0.900. The molecule has 1 atom stereocenters. The van der Waals surface area contributed by atoms with Crippen LogP contribution in [-0.4, -0.2) is 18.2 Å². The summed E-state index contributed by atoms with van der Waals surface area (Å²) in [5.74, 6) is 0.507. The topological polar surface area (TPSA) is 38.3 Å². The summed E-state index contributed by atoms with van der Waals surface area (Å²) in [6.45, 7) is 10.5. The van der Waals surface area contributed by atoms with Gasteiger partial charge in [-0.15, -0.1) is 0 Å². The van der Waals surface area contributed by atoms with Crippen molar-refractivity contribution in [3.05, 3.63) is 0 Å². The molecule has 0 unspecified atom stereocenters. The Labute approximate surface area is 80.8 Å². The second-order valence-electron chi connectivity index (χ2n) is 4.40. The first-order valence-corrected chi connectivity index (χ1v) is 4.82. The first kappa shape index (κ1) is 12.3. The minimum atomic E-state index is -0.403. The zero-order valence-electron chi connectivity index (χ0n) is 9.31. The summed E-state index contributed by atoms with van der Waals surface area (Å²) in [5, 5.41) is 2.73. The molecule has 3 heteroatoms. The largest absolute Gasteiger partial charge is 0.444 e. The average molecular weight is 187 g/mol. The molecule has 0 fully saturated rings. The summed E-state index contributed by atoms with van der Waals surface area (Å²) in [6, 6.07) is 0. The van der Waals surface area contributed by atoms with E-state index in [1.165, 1.54) is 0 Å². The van der Waals surface area contributed by atoms with Gasteiger partial charge >= 0.3 is 6.09 Å². The SMILES string of the molecule is CC[C@H](C)CNC(=O)OC(C)(C)C. The molecule has 1 amide bonds. The Bertz CT molecular complexity index is 161. The molecule has 0 rings (SSSR count). The lowest BCUT2D eigenvalue weighted by atomic mass is 10.1. The molecule has 0 aliphatic carbocycles. The van der Waals surface area contributed by atoms with Crippen LogP contribution < -0.4 is 5.32 Å². The first-order valence-electron chi connectivity index (χ1n) is 4.82. The maximum absolute atomic E-state index is 11.1. The molecule has 1 N–H and O–H groups in total. The molecule has 0 aromatic heterocycles. The van der Waals surface area contributed by atoms with E-state index in [4.69, 9.17) is 4.74 Å². The number of amides is 1. The van der Waals surface area contributed by atoms with Gasteiger partial charge in [-0.05, 0) is 26.7 Å². The summed E-state index contributed by atoms with van der Waals surface area (Å²) in [7, 11) is 0. The van der Waals surface area contributed by atoms with Gasteiger partial charge < -0.3 is 10.1 Å². The number of ether oxygens (including phenoxy) is 1. The number of hydrogen-bond donors (Lipinski definition) is 1. The molecule has 0 bridgehead atoms. The molecule has 0 aliphatic heterocycles. The molecule has 0 aliphatic rings. The summed E-state index contributed by atoms with van der Waals surface area (Å²) in [5.41, 5.74) is -0.403. The van der Waals surface area contributed by atoms with Crippen LogP contribution in [0.4, 0.5) is 4.79 Å². The maximum atomic E-state index is 11.1. The molecule has 78 valence electrons. The predicted molar refractivity (Wildman–Crippen MR) is 53.7 cm³/mol. The Morgan fingerprint density at radius 2 is 2.00 bits per heavy atom. The Morgan fingerprint density at radius 1 is 1.46 bits per heavy atom. The Balaban J connectivity index is 3.64. The van der Waals surface area contributed by atoms with Gasteiger partial charge in [0, 0.05) is 6.54 Å². The molecule has 3 nitrogen and oxygen atoms in total. The van der Waals surface area contributed by atoms with E-state index in [1.807, 2.05) is 20.8 Å². The molecule has 0 aromatic rings. The molecule has 13 heavy (non-hydrogen) atoms. The lowest BCUT2D eigenvalue weighted by molar-refractivity contribution is 0.0520.